The second-order valence-corrected chi connectivity index (χ2v) is 3.64. The summed E-state index contributed by atoms with van der Waals surface area (Å²) >= 11 is 0. The lowest BCUT2D eigenvalue weighted by Gasteiger charge is -2.25. The molecule has 1 aliphatic carbocycles. The summed E-state index contributed by atoms with van der Waals surface area (Å²) in [5, 5.41) is 17.9. The number of carbonyl (C=O) groups excluding carboxylic acids is 1. The van der Waals surface area contributed by atoms with Crippen molar-refractivity contribution in [1.82, 2.24) is 0 Å². The van der Waals surface area contributed by atoms with E-state index in [0.29, 0.717) is 18.3 Å². The Hall–Kier alpha value is -0.805. The average Bonchev–Trinajstić information content (AvgIpc) is 2.16. The Bertz CT molecular complexity index is 249. The van der Waals surface area contributed by atoms with Gasteiger partial charge in [-0.05, 0) is 24.2 Å². The van der Waals surface area contributed by atoms with Gasteiger partial charge in [-0.25, -0.2) is 0 Å². The molecule has 2 atom stereocenters. The van der Waals surface area contributed by atoms with Crippen LogP contribution in [0.3, 0.4) is 0 Å². The van der Waals surface area contributed by atoms with Crippen LogP contribution in [-0.4, -0.2) is 30.2 Å². The van der Waals surface area contributed by atoms with E-state index in [1.807, 2.05) is 6.92 Å². The molecule has 1 aliphatic rings. The van der Waals surface area contributed by atoms with Crippen LogP contribution in [0.4, 0.5) is 0 Å². The van der Waals surface area contributed by atoms with Gasteiger partial charge in [0.15, 0.2) is 0 Å². The van der Waals surface area contributed by atoms with E-state index in [0.717, 1.165) is 0 Å². The third-order valence-corrected chi connectivity index (χ3v) is 2.69. The molecule has 0 amide bonds. The van der Waals surface area contributed by atoms with Crippen LogP contribution in [0.5, 0.6) is 0 Å². The van der Waals surface area contributed by atoms with Gasteiger partial charge in [-0.1, -0.05) is 13.0 Å². The number of ether oxygens (including phenoxy) is 1. The lowest BCUT2D eigenvalue weighted by Crippen LogP contribution is -2.29. The van der Waals surface area contributed by atoms with Crippen LogP contribution in [0.2, 0.25) is 0 Å². The number of hydrogen-bond donors (Lipinski definition) is 2. The van der Waals surface area contributed by atoms with Crippen LogP contribution < -0.4 is 0 Å². The number of rotatable bonds is 2. The minimum Gasteiger partial charge on any atom is -0.469 e. The Morgan fingerprint density at radius 1 is 1.64 bits per heavy atom. The van der Waals surface area contributed by atoms with E-state index >= 15 is 0 Å². The highest BCUT2D eigenvalue weighted by Crippen LogP contribution is 2.29. The summed E-state index contributed by atoms with van der Waals surface area (Å²) in [4.78, 5) is 11.3. The zero-order valence-corrected chi connectivity index (χ0v) is 8.43. The SMILES string of the molecule is COC(=O)[C@H]1CCC(B(O)O)=C[C@@H]1C. The van der Waals surface area contributed by atoms with Crippen LogP contribution in [-0.2, 0) is 9.53 Å². The van der Waals surface area contributed by atoms with Gasteiger partial charge in [0.25, 0.3) is 0 Å². The van der Waals surface area contributed by atoms with Gasteiger partial charge in [-0.2, -0.15) is 0 Å². The molecule has 0 unspecified atom stereocenters. The Kier molecular flexibility index (Phi) is 3.72. The summed E-state index contributed by atoms with van der Waals surface area (Å²) in [6.07, 6.45) is 2.91. The van der Waals surface area contributed by atoms with Crippen molar-refractivity contribution in [3.8, 4) is 0 Å². The first-order chi connectivity index (χ1) is 6.56. The molecule has 0 spiro atoms. The molecule has 78 valence electrons. The average molecular weight is 198 g/mol. The van der Waals surface area contributed by atoms with Gasteiger partial charge >= 0.3 is 13.1 Å². The summed E-state index contributed by atoms with van der Waals surface area (Å²) in [6, 6.07) is 0. The van der Waals surface area contributed by atoms with E-state index < -0.39 is 7.12 Å². The van der Waals surface area contributed by atoms with E-state index in [4.69, 9.17) is 10.0 Å². The van der Waals surface area contributed by atoms with Crippen LogP contribution in [0.1, 0.15) is 19.8 Å². The monoisotopic (exact) mass is 198 g/mol. The van der Waals surface area contributed by atoms with E-state index in [9.17, 15) is 4.79 Å². The lowest BCUT2D eigenvalue weighted by molar-refractivity contribution is -0.147. The minimum absolute atomic E-state index is 0.00741. The maximum Gasteiger partial charge on any atom is 0.483 e. The smallest absolute Gasteiger partial charge is 0.469 e. The molecular formula is C9H15BO4. The molecule has 0 heterocycles. The largest absolute Gasteiger partial charge is 0.483 e. The molecule has 14 heavy (non-hydrogen) atoms. The molecule has 0 saturated heterocycles. The van der Waals surface area contributed by atoms with Gasteiger partial charge in [-0.3, -0.25) is 4.79 Å². The third kappa shape index (κ3) is 2.36. The number of allylic oxidation sites excluding steroid dienone is 2. The highest BCUT2D eigenvalue weighted by molar-refractivity contribution is 6.50. The Balaban J connectivity index is 2.69. The first kappa shape index (κ1) is 11.3. The van der Waals surface area contributed by atoms with E-state index in [1.165, 1.54) is 7.11 Å². The topological polar surface area (TPSA) is 66.8 Å². The van der Waals surface area contributed by atoms with Crippen LogP contribution in [0.25, 0.3) is 0 Å². The quantitative estimate of drug-likeness (QED) is 0.489. The van der Waals surface area contributed by atoms with Gasteiger partial charge < -0.3 is 14.8 Å². The second-order valence-electron chi connectivity index (χ2n) is 3.64. The molecule has 0 fully saturated rings. The lowest BCUT2D eigenvalue weighted by atomic mass is 9.68. The fourth-order valence-electron chi connectivity index (χ4n) is 1.82. The van der Waals surface area contributed by atoms with Crippen LogP contribution in [0.15, 0.2) is 11.5 Å². The van der Waals surface area contributed by atoms with Crippen molar-refractivity contribution in [2.45, 2.75) is 19.8 Å². The molecule has 0 aromatic heterocycles. The maximum absolute atomic E-state index is 11.3. The normalized spacial score (nSPS) is 26.7. The Labute approximate surface area is 83.7 Å². The van der Waals surface area contributed by atoms with Gasteiger partial charge in [-0.15, -0.1) is 0 Å². The Morgan fingerprint density at radius 3 is 2.71 bits per heavy atom. The van der Waals surface area contributed by atoms with Crippen LogP contribution >= 0.6 is 0 Å². The van der Waals surface area contributed by atoms with Gasteiger partial charge in [0.2, 0.25) is 0 Å². The van der Waals surface area contributed by atoms with Gasteiger partial charge in [0, 0.05) is 0 Å². The molecule has 0 aliphatic heterocycles. The van der Waals surface area contributed by atoms with E-state index in [2.05, 4.69) is 4.74 Å². The Morgan fingerprint density at radius 2 is 2.29 bits per heavy atom. The fraction of sp³-hybridized carbons (Fsp3) is 0.667. The van der Waals surface area contributed by atoms with Crippen LogP contribution in [0, 0.1) is 11.8 Å². The molecule has 2 N–H and O–H groups in total. The number of methoxy groups -OCH3 is 1. The van der Waals surface area contributed by atoms with E-state index in [-0.39, 0.29) is 17.8 Å². The number of hydrogen-bond acceptors (Lipinski definition) is 4. The van der Waals surface area contributed by atoms with E-state index in [1.54, 1.807) is 6.08 Å². The van der Waals surface area contributed by atoms with Crippen molar-refractivity contribution in [1.29, 1.82) is 0 Å². The first-order valence-electron chi connectivity index (χ1n) is 4.70. The van der Waals surface area contributed by atoms with Crippen molar-refractivity contribution in [2.75, 3.05) is 7.11 Å². The molecule has 0 radical (unpaired) electrons. The highest BCUT2D eigenvalue weighted by Gasteiger charge is 2.31. The molecule has 1 rings (SSSR count). The minimum atomic E-state index is -1.39. The number of esters is 1. The molecular weight excluding hydrogens is 183 g/mol. The third-order valence-electron chi connectivity index (χ3n) is 2.69. The molecule has 0 bridgehead atoms. The summed E-state index contributed by atoms with van der Waals surface area (Å²) in [6.45, 7) is 1.88. The molecule has 0 saturated carbocycles. The standard InChI is InChI=1S/C9H15BO4/c1-6-5-7(10(12)13)3-4-8(6)9(11)14-2/h5-6,8,12-13H,3-4H2,1-2H3/t6-,8-/m0/s1. The zero-order chi connectivity index (χ0) is 10.7. The summed E-state index contributed by atoms with van der Waals surface area (Å²) in [5.74, 6) is -0.365. The highest BCUT2D eigenvalue weighted by atomic mass is 16.5. The molecule has 4 nitrogen and oxygen atoms in total. The second kappa shape index (κ2) is 4.62. The number of carbonyl (C=O) groups is 1. The molecule has 5 heteroatoms. The summed E-state index contributed by atoms with van der Waals surface area (Å²) in [5.41, 5.74) is 0.595. The predicted molar refractivity (Wildman–Crippen MR) is 52.2 cm³/mol. The van der Waals surface area contributed by atoms with Crippen molar-refractivity contribution in [3.63, 3.8) is 0 Å². The zero-order valence-electron chi connectivity index (χ0n) is 8.43. The van der Waals surface area contributed by atoms with Crippen molar-refractivity contribution in [3.05, 3.63) is 11.5 Å². The predicted octanol–water partition coefficient (Wildman–Crippen LogP) is 0.144. The summed E-state index contributed by atoms with van der Waals surface area (Å²) in [7, 11) is -0.0223. The van der Waals surface area contributed by atoms with Gasteiger partial charge in [0.05, 0.1) is 13.0 Å². The van der Waals surface area contributed by atoms with Crippen molar-refractivity contribution >= 4 is 13.1 Å². The molecule has 0 aromatic rings. The van der Waals surface area contributed by atoms with Crippen molar-refractivity contribution in [2.24, 2.45) is 11.8 Å². The molecule has 0 aromatic carbocycles. The maximum atomic E-state index is 11.3. The van der Waals surface area contributed by atoms with Gasteiger partial charge in [0.1, 0.15) is 0 Å². The fourth-order valence-corrected chi connectivity index (χ4v) is 1.82. The first-order valence-corrected chi connectivity index (χ1v) is 4.70. The summed E-state index contributed by atoms with van der Waals surface area (Å²) < 4.78 is 4.66. The van der Waals surface area contributed by atoms with Crippen molar-refractivity contribution < 1.29 is 19.6 Å².